The van der Waals surface area contributed by atoms with Crippen molar-refractivity contribution in [2.24, 2.45) is 0 Å². The summed E-state index contributed by atoms with van der Waals surface area (Å²) in [7, 11) is 0. The molecule has 0 unspecified atom stereocenters. The van der Waals surface area contributed by atoms with Crippen molar-refractivity contribution >= 4 is 17.2 Å². The molecule has 0 fully saturated rings. The van der Waals surface area contributed by atoms with Crippen LogP contribution in [0.3, 0.4) is 0 Å². The van der Waals surface area contributed by atoms with Gasteiger partial charge in [0.1, 0.15) is 0 Å². The average molecular weight is 317 g/mol. The first-order valence-electron chi connectivity index (χ1n) is 8.01. The largest absolute Gasteiger partial charge is 0.325 e. The van der Waals surface area contributed by atoms with Gasteiger partial charge in [0.15, 0.2) is 0 Å². The molecular weight excluding hydrogens is 298 g/mol. The maximum Gasteiger partial charge on any atom is 0.238 e. The van der Waals surface area contributed by atoms with Gasteiger partial charge < -0.3 is 5.32 Å². The van der Waals surface area contributed by atoms with Gasteiger partial charge in [-0.1, -0.05) is 42.5 Å². The summed E-state index contributed by atoms with van der Waals surface area (Å²) in [6.45, 7) is 2.00. The van der Waals surface area contributed by atoms with E-state index in [1.54, 1.807) is 24.3 Å². The van der Waals surface area contributed by atoms with E-state index in [2.05, 4.69) is 34.5 Å². The van der Waals surface area contributed by atoms with Crippen molar-refractivity contribution in [1.82, 2.24) is 4.90 Å². The van der Waals surface area contributed by atoms with Crippen LogP contribution in [-0.4, -0.2) is 30.4 Å². The van der Waals surface area contributed by atoms with Gasteiger partial charge in [-0.25, -0.2) is 0 Å². The fraction of sp³-hybridized carbons (Fsp3) is 0.200. The van der Waals surface area contributed by atoms with E-state index in [-0.39, 0.29) is 5.91 Å². The Morgan fingerprint density at radius 3 is 2.71 bits per heavy atom. The predicted octanol–water partition coefficient (Wildman–Crippen LogP) is 3.29. The number of nitriles is 1. The highest BCUT2D eigenvalue weighted by molar-refractivity contribution is 5.92. The van der Waals surface area contributed by atoms with Gasteiger partial charge in [-0.3, -0.25) is 9.69 Å². The summed E-state index contributed by atoms with van der Waals surface area (Å²) in [4.78, 5) is 14.3. The van der Waals surface area contributed by atoms with Crippen LogP contribution in [-0.2, 0) is 4.79 Å². The third-order valence-corrected chi connectivity index (χ3v) is 4.08. The smallest absolute Gasteiger partial charge is 0.238 e. The Morgan fingerprint density at radius 1 is 1.17 bits per heavy atom. The van der Waals surface area contributed by atoms with E-state index in [1.165, 1.54) is 11.1 Å². The molecule has 1 amide bonds. The second-order valence-electron chi connectivity index (χ2n) is 5.82. The predicted molar refractivity (Wildman–Crippen MR) is 95.3 cm³/mol. The van der Waals surface area contributed by atoms with Gasteiger partial charge in [0.05, 0.1) is 18.2 Å². The molecule has 1 aliphatic heterocycles. The molecule has 2 aromatic rings. The standard InChI is InChI=1S/C20H19N3O/c21-14-16-5-4-8-19(13-16)22-20(24)15-23-11-9-18(10-12-23)17-6-2-1-3-7-17/h1-9,13H,10-12,15H2,(H,22,24). The van der Waals surface area contributed by atoms with Crippen LogP contribution < -0.4 is 5.32 Å². The third-order valence-electron chi connectivity index (χ3n) is 4.08. The summed E-state index contributed by atoms with van der Waals surface area (Å²) >= 11 is 0. The number of amides is 1. The molecular formula is C20H19N3O. The second kappa shape index (κ2) is 7.58. The van der Waals surface area contributed by atoms with Gasteiger partial charge in [-0.05, 0) is 35.8 Å². The molecule has 4 heteroatoms. The first-order chi connectivity index (χ1) is 11.7. The van der Waals surface area contributed by atoms with Crippen molar-refractivity contribution in [2.75, 3.05) is 25.0 Å². The Bertz CT molecular complexity index is 790. The maximum atomic E-state index is 12.2. The highest BCUT2D eigenvalue weighted by Gasteiger charge is 2.15. The lowest BCUT2D eigenvalue weighted by atomic mass is 10.00. The summed E-state index contributed by atoms with van der Waals surface area (Å²) in [5.41, 5.74) is 3.81. The number of benzene rings is 2. The van der Waals surface area contributed by atoms with E-state index in [1.807, 2.05) is 18.2 Å². The quantitative estimate of drug-likeness (QED) is 0.941. The fourth-order valence-corrected chi connectivity index (χ4v) is 2.84. The third kappa shape index (κ3) is 4.09. The molecule has 0 bridgehead atoms. The number of carbonyl (C=O) groups is 1. The molecule has 2 aromatic carbocycles. The van der Waals surface area contributed by atoms with Crippen LogP contribution in [0.25, 0.3) is 5.57 Å². The highest BCUT2D eigenvalue weighted by atomic mass is 16.2. The Labute approximate surface area is 142 Å². The number of hydrogen-bond donors (Lipinski definition) is 1. The molecule has 3 rings (SSSR count). The van der Waals surface area contributed by atoms with Crippen molar-refractivity contribution in [2.45, 2.75) is 6.42 Å². The van der Waals surface area contributed by atoms with Gasteiger partial charge in [0.25, 0.3) is 0 Å². The minimum atomic E-state index is -0.0540. The fourth-order valence-electron chi connectivity index (χ4n) is 2.84. The number of nitrogens with zero attached hydrogens (tertiary/aromatic N) is 2. The lowest BCUT2D eigenvalue weighted by molar-refractivity contribution is -0.117. The molecule has 1 heterocycles. The van der Waals surface area contributed by atoms with Crippen LogP contribution >= 0.6 is 0 Å². The van der Waals surface area contributed by atoms with Gasteiger partial charge in [0, 0.05) is 18.8 Å². The molecule has 0 aliphatic carbocycles. The highest BCUT2D eigenvalue weighted by Crippen LogP contribution is 2.21. The topological polar surface area (TPSA) is 56.1 Å². The SMILES string of the molecule is N#Cc1cccc(NC(=O)CN2CC=C(c3ccccc3)CC2)c1. The lowest BCUT2D eigenvalue weighted by Crippen LogP contribution is -2.36. The average Bonchev–Trinajstić information content (AvgIpc) is 2.63. The van der Waals surface area contributed by atoms with Gasteiger partial charge in [-0.15, -0.1) is 0 Å². The lowest BCUT2D eigenvalue weighted by Gasteiger charge is -2.25. The Morgan fingerprint density at radius 2 is 2.00 bits per heavy atom. The monoisotopic (exact) mass is 317 g/mol. The van der Waals surface area contributed by atoms with Crippen LogP contribution in [0.2, 0.25) is 0 Å². The number of hydrogen-bond acceptors (Lipinski definition) is 3. The van der Waals surface area contributed by atoms with Crippen LogP contribution in [0.5, 0.6) is 0 Å². The Kier molecular flexibility index (Phi) is 5.05. The number of anilines is 1. The number of nitrogens with one attached hydrogen (secondary N) is 1. The molecule has 1 aliphatic rings. The van der Waals surface area contributed by atoms with E-state index in [9.17, 15) is 4.79 Å². The maximum absolute atomic E-state index is 12.2. The van der Waals surface area contributed by atoms with E-state index in [0.29, 0.717) is 17.8 Å². The zero-order valence-corrected chi connectivity index (χ0v) is 13.4. The summed E-state index contributed by atoms with van der Waals surface area (Å²) < 4.78 is 0. The minimum Gasteiger partial charge on any atom is -0.325 e. The van der Waals surface area contributed by atoms with Crippen molar-refractivity contribution in [3.63, 3.8) is 0 Å². The molecule has 120 valence electrons. The van der Waals surface area contributed by atoms with Gasteiger partial charge in [0.2, 0.25) is 5.91 Å². The molecule has 0 aromatic heterocycles. The van der Waals surface area contributed by atoms with E-state index < -0.39 is 0 Å². The molecule has 4 nitrogen and oxygen atoms in total. The molecule has 0 saturated carbocycles. The first-order valence-corrected chi connectivity index (χ1v) is 8.01. The van der Waals surface area contributed by atoms with Crippen LogP contribution in [0.1, 0.15) is 17.5 Å². The molecule has 0 spiro atoms. The van der Waals surface area contributed by atoms with Gasteiger partial charge in [-0.2, -0.15) is 5.26 Å². The van der Waals surface area contributed by atoms with Crippen molar-refractivity contribution in [1.29, 1.82) is 5.26 Å². The molecule has 0 saturated heterocycles. The van der Waals surface area contributed by atoms with Crippen LogP contribution in [0.15, 0.2) is 60.7 Å². The molecule has 0 radical (unpaired) electrons. The normalized spacial score (nSPS) is 14.5. The van der Waals surface area contributed by atoms with Crippen molar-refractivity contribution in [3.8, 4) is 6.07 Å². The van der Waals surface area contributed by atoms with E-state index in [0.717, 1.165) is 19.5 Å². The summed E-state index contributed by atoms with van der Waals surface area (Å²) in [6.07, 6.45) is 3.14. The van der Waals surface area contributed by atoms with Gasteiger partial charge >= 0.3 is 0 Å². The molecule has 24 heavy (non-hydrogen) atoms. The number of rotatable bonds is 4. The summed E-state index contributed by atoms with van der Waals surface area (Å²) in [5.74, 6) is -0.0540. The van der Waals surface area contributed by atoms with E-state index in [4.69, 9.17) is 5.26 Å². The van der Waals surface area contributed by atoms with Crippen LogP contribution in [0, 0.1) is 11.3 Å². The summed E-state index contributed by atoms with van der Waals surface area (Å²) in [5, 5.41) is 11.8. The number of carbonyl (C=O) groups excluding carboxylic acids is 1. The van der Waals surface area contributed by atoms with Crippen LogP contribution in [0.4, 0.5) is 5.69 Å². The zero-order chi connectivity index (χ0) is 16.8. The molecule has 0 atom stereocenters. The zero-order valence-electron chi connectivity index (χ0n) is 13.4. The minimum absolute atomic E-state index is 0.0540. The van der Waals surface area contributed by atoms with Crippen molar-refractivity contribution < 1.29 is 4.79 Å². The Balaban J connectivity index is 1.55. The first kappa shape index (κ1) is 16.0. The van der Waals surface area contributed by atoms with E-state index >= 15 is 0 Å². The molecule has 1 N–H and O–H groups in total. The Hall–Kier alpha value is -2.90. The van der Waals surface area contributed by atoms with Crippen molar-refractivity contribution in [3.05, 3.63) is 71.8 Å². The summed E-state index contributed by atoms with van der Waals surface area (Å²) in [6, 6.07) is 19.4. The second-order valence-corrected chi connectivity index (χ2v) is 5.82.